The molecule has 0 saturated heterocycles. The van der Waals surface area contributed by atoms with Gasteiger partial charge in [-0.2, -0.15) is 0 Å². The molecule has 0 N–H and O–H groups in total. The van der Waals surface area contributed by atoms with Crippen molar-refractivity contribution in [2.75, 3.05) is 0 Å². The van der Waals surface area contributed by atoms with Gasteiger partial charge >= 0.3 is 0 Å². The second-order valence-electron chi connectivity index (χ2n) is 12.6. The molecule has 3 rings (SSSR count). The summed E-state index contributed by atoms with van der Waals surface area (Å²) < 4.78 is 35.0. The molecule has 1 unspecified atom stereocenters. The third-order valence-electron chi connectivity index (χ3n) is 7.72. The molecule has 0 bridgehead atoms. The van der Waals surface area contributed by atoms with Gasteiger partial charge in [-0.15, -0.1) is 0 Å². The van der Waals surface area contributed by atoms with E-state index in [2.05, 4.69) is 47.7 Å². The highest BCUT2D eigenvalue weighted by atomic mass is 28.4. The monoisotopic (exact) mass is 477 g/mol. The molecule has 1 aromatic heterocycles. The van der Waals surface area contributed by atoms with Crippen LogP contribution in [0.15, 0.2) is 6.08 Å². The number of nitrogens with zero attached hydrogens (tertiary/aromatic N) is 1. The lowest BCUT2D eigenvalue weighted by Crippen LogP contribution is -2.44. The number of halogens is 2. The average Bonchev–Trinajstić information content (AvgIpc) is 2.64. The van der Waals surface area contributed by atoms with Crippen LogP contribution < -0.4 is 0 Å². The molecule has 1 aromatic rings. The quantitative estimate of drug-likeness (QED) is 0.316. The molecule has 2 aliphatic rings. The number of hydrogen-bond donors (Lipinski definition) is 0. The Morgan fingerprint density at radius 1 is 1.24 bits per heavy atom. The minimum Gasteiger partial charge on any atom is -0.410 e. The third kappa shape index (κ3) is 5.32. The fraction of sp³-hybridized carbons (Fsp3) is 0.704. The van der Waals surface area contributed by atoms with Gasteiger partial charge < -0.3 is 4.43 Å². The molecule has 0 radical (unpaired) electrons. The number of alkyl halides is 2. The van der Waals surface area contributed by atoms with Crippen LogP contribution in [0.25, 0.3) is 5.57 Å². The van der Waals surface area contributed by atoms with E-state index < -0.39 is 14.2 Å². The van der Waals surface area contributed by atoms with Crippen molar-refractivity contribution in [3.8, 4) is 0 Å². The van der Waals surface area contributed by atoms with Crippen molar-refractivity contribution in [1.82, 2.24) is 4.98 Å². The molecule has 6 heteroatoms. The fourth-order valence-corrected chi connectivity index (χ4v) is 6.12. The van der Waals surface area contributed by atoms with Crippen LogP contribution in [-0.2, 0) is 10.8 Å². The summed E-state index contributed by atoms with van der Waals surface area (Å²) in [5.74, 6) is -2.62. The Morgan fingerprint density at radius 2 is 1.88 bits per heavy atom. The Hall–Kier alpha value is -1.40. The summed E-state index contributed by atoms with van der Waals surface area (Å²) in [5, 5.41) is 0.0276. The van der Waals surface area contributed by atoms with Crippen molar-refractivity contribution in [3.63, 3.8) is 0 Å². The van der Waals surface area contributed by atoms with Gasteiger partial charge in [-0.25, -0.2) is 8.78 Å². The van der Waals surface area contributed by atoms with Crippen molar-refractivity contribution in [2.24, 2.45) is 5.41 Å². The molecule has 0 spiro atoms. The van der Waals surface area contributed by atoms with Crippen LogP contribution in [0.2, 0.25) is 18.1 Å². The first-order valence-corrected chi connectivity index (χ1v) is 15.2. The summed E-state index contributed by atoms with van der Waals surface area (Å²) in [6.07, 6.45) is 3.74. The lowest BCUT2D eigenvalue weighted by molar-refractivity contribution is -0.00605. The van der Waals surface area contributed by atoms with E-state index in [9.17, 15) is 13.6 Å². The van der Waals surface area contributed by atoms with Gasteiger partial charge in [-0.05, 0) is 59.9 Å². The van der Waals surface area contributed by atoms with Gasteiger partial charge in [0.05, 0.1) is 11.8 Å². The summed E-state index contributed by atoms with van der Waals surface area (Å²) in [5.41, 5.74) is 4.94. The van der Waals surface area contributed by atoms with Crippen LogP contribution in [0.3, 0.4) is 0 Å². The first-order chi connectivity index (χ1) is 15.0. The minimum atomic E-state index is -2.68. The lowest BCUT2D eigenvalue weighted by Gasteiger charge is -2.45. The molecule has 0 aliphatic heterocycles. The maximum absolute atomic E-state index is 14.0. The molecule has 1 heterocycles. The molecule has 0 saturated carbocycles. The normalized spacial score (nSPS) is 22.7. The highest BCUT2D eigenvalue weighted by molar-refractivity contribution is 6.74. The Morgan fingerprint density at radius 3 is 2.36 bits per heavy atom. The van der Waals surface area contributed by atoms with Crippen LogP contribution in [0.1, 0.15) is 119 Å². The van der Waals surface area contributed by atoms with Gasteiger partial charge in [0.15, 0.2) is 14.6 Å². The SMILES string of the molecule is CC(C)c1nc2c(c(C3=CCC(F)(F)CC3)c1C=O)C(O[Si](C)(C)C(C)(C)C)CC(C)(C)C2. The van der Waals surface area contributed by atoms with Gasteiger partial charge in [-0.1, -0.05) is 54.5 Å². The second-order valence-corrected chi connectivity index (χ2v) is 17.4. The number of pyridine rings is 1. The summed E-state index contributed by atoms with van der Waals surface area (Å²) in [4.78, 5) is 17.5. The van der Waals surface area contributed by atoms with Crippen molar-refractivity contribution in [3.05, 3.63) is 34.2 Å². The predicted molar refractivity (Wildman–Crippen MR) is 134 cm³/mol. The number of carbonyl (C=O) groups excluding carboxylic acids is 1. The van der Waals surface area contributed by atoms with Gasteiger partial charge in [0.2, 0.25) is 0 Å². The van der Waals surface area contributed by atoms with E-state index in [4.69, 9.17) is 9.41 Å². The number of carbonyl (C=O) groups is 1. The molecule has 0 aromatic carbocycles. The first-order valence-electron chi connectivity index (χ1n) is 12.2. The minimum absolute atomic E-state index is 0.00474. The van der Waals surface area contributed by atoms with E-state index in [-0.39, 0.29) is 41.7 Å². The maximum Gasteiger partial charge on any atom is 0.251 e. The molecular weight excluding hydrogens is 436 g/mol. The third-order valence-corrected chi connectivity index (χ3v) is 12.2. The number of rotatable bonds is 5. The summed E-state index contributed by atoms with van der Waals surface area (Å²) in [7, 11) is -2.14. The zero-order valence-corrected chi connectivity index (χ0v) is 22.9. The molecule has 0 fully saturated rings. The van der Waals surface area contributed by atoms with Crippen molar-refractivity contribution >= 4 is 20.2 Å². The second kappa shape index (κ2) is 8.67. The van der Waals surface area contributed by atoms with Gasteiger partial charge in [0, 0.05) is 29.7 Å². The number of fused-ring (bicyclic) bond motifs is 1. The van der Waals surface area contributed by atoms with E-state index in [1.165, 1.54) is 0 Å². The summed E-state index contributed by atoms with van der Waals surface area (Å²) >= 11 is 0. The van der Waals surface area contributed by atoms with Crippen LogP contribution in [0, 0.1) is 5.41 Å². The Bertz CT molecular complexity index is 958. The van der Waals surface area contributed by atoms with Gasteiger partial charge in [-0.3, -0.25) is 9.78 Å². The molecule has 2 aliphatic carbocycles. The summed E-state index contributed by atoms with van der Waals surface area (Å²) in [6, 6.07) is 0. The van der Waals surface area contributed by atoms with E-state index in [0.717, 1.165) is 47.2 Å². The zero-order chi connectivity index (χ0) is 25.0. The largest absolute Gasteiger partial charge is 0.410 e. The maximum atomic E-state index is 14.0. The van der Waals surface area contributed by atoms with Crippen LogP contribution in [0.5, 0.6) is 0 Å². The van der Waals surface area contributed by atoms with E-state index in [1.54, 1.807) is 6.08 Å². The van der Waals surface area contributed by atoms with Crippen molar-refractivity contribution in [2.45, 2.75) is 117 Å². The average molecular weight is 478 g/mol. The van der Waals surface area contributed by atoms with Crippen LogP contribution in [-0.4, -0.2) is 25.5 Å². The molecule has 184 valence electrons. The van der Waals surface area contributed by atoms with E-state index in [0.29, 0.717) is 5.56 Å². The zero-order valence-electron chi connectivity index (χ0n) is 21.9. The Labute approximate surface area is 199 Å². The fourth-order valence-electron chi connectivity index (χ4n) is 4.85. The van der Waals surface area contributed by atoms with Gasteiger partial charge in [0.1, 0.15) is 0 Å². The number of aromatic nitrogens is 1. The number of aldehydes is 1. The van der Waals surface area contributed by atoms with E-state index >= 15 is 0 Å². The first kappa shape index (κ1) is 26.2. The smallest absolute Gasteiger partial charge is 0.251 e. The Kier molecular flexibility index (Phi) is 6.89. The van der Waals surface area contributed by atoms with E-state index in [1.807, 2.05) is 13.8 Å². The molecule has 0 amide bonds. The van der Waals surface area contributed by atoms with Crippen molar-refractivity contribution in [1.29, 1.82) is 0 Å². The highest BCUT2D eigenvalue weighted by Crippen LogP contribution is 2.51. The van der Waals surface area contributed by atoms with Crippen LogP contribution >= 0.6 is 0 Å². The molecule has 3 nitrogen and oxygen atoms in total. The molecule has 33 heavy (non-hydrogen) atoms. The Balaban J connectivity index is 2.29. The number of hydrogen-bond acceptors (Lipinski definition) is 3. The standard InChI is InChI=1S/C27H41F2NO2Si/c1-17(2)24-19(16-31)22(18-10-12-27(28,29)13-11-18)23-20(30-24)14-26(6,7)15-21(23)32-33(8,9)25(3,4)5/h10,16-17,21H,11-15H2,1-9H3. The topological polar surface area (TPSA) is 39.2 Å². The predicted octanol–water partition coefficient (Wildman–Crippen LogP) is 8.26. The van der Waals surface area contributed by atoms with Crippen LogP contribution in [0.4, 0.5) is 8.78 Å². The number of allylic oxidation sites excluding steroid dienone is 2. The summed E-state index contributed by atoms with van der Waals surface area (Å²) in [6.45, 7) is 19.7. The van der Waals surface area contributed by atoms with Crippen molar-refractivity contribution < 1.29 is 18.0 Å². The lowest BCUT2D eigenvalue weighted by atomic mass is 9.71. The molecule has 1 atom stereocenters. The highest BCUT2D eigenvalue weighted by Gasteiger charge is 2.45. The molecular formula is C27H41F2NO2Si. The van der Waals surface area contributed by atoms with Gasteiger partial charge in [0.25, 0.3) is 5.92 Å².